The third-order valence-electron chi connectivity index (χ3n) is 5.78. The average Bonchev–Trinajstić information content (AvgIpc) is 3.07. The predicted molar refractivity (Wildman–Crippen MR) is 124 cm³/mol. The molecular weight excluding hydrogens is 471 g/mol. The van der Waals surface area contributed by atoms with E-state index in [1.165, 1.54) is 29.8 Å². The third kappa shape index (κ3) is 4.19. The maximum Gasteiger partial charge on any atom is 0.404 e. The van der Waals surface area contributed by atoms with Gasteiger partial charge in [-0.15, -0.1) is 0 Å². The van der Waals surface area contributed by atoms with Crippen molar-refractivity contribution in [3.63, 3.8) is 0 Å². The molecule has 1 aliphatic heterocycles. The molecule has 2 aromatic heterocycles. The molecule has 1 aliphatic rings. The Bertz CT molecular complexity index is 1420. The number of hydrogen-bond acceptors (Lipinski definition) is 5. The lowest BCUT2D eigenvalue weighted by molar-refractivity contribution is 0.188. The summed E-state index contributed by atoms with van der Waals surface area (Å²) in [5.74, 6) is -0.0532. The summed E-state index contributed by atoms with van der Waals surface area (Å²) in [6.07, 6.45) is 0.184. The van der Waals surface area contributed by atoms with Crippen LogP contribution in [0.4, 0.5) is 15.0 Å². The molecule has 1 saturated heterocycles. The van der Waals surface area contributed by atoms with Crippen LogP contribution in [0, 0.1) is 21.9 Å². The monoisotopic (exact) mass is 490 g/mol. The first-order valence-corrected chi connectivity index (χ1v) is 10.9. The fourth-order valence-corrected chi connectivity index (χ4v) is 4.64. The van der Waals surface area contributed by atoms with Gasteiger partial charge in [0.15, 0.2) is 4.77 Å². The highest BCUT2D eigenvalue weighted by molar-refractivity contribution is 7.71. The highest BCUT2D eigenvalue weighted by Gasteiger charge is 2.30. The van der Waals surface area contributed by atoms with Crippen molar-refractivity contribution < 1.29 is 14.3 Å². The highest BCUT2D eigenvalue weighted by atomic mass is 35.5. The molecule has 4 rings (SSSR count). The number of hydrogen-bond donors (Lipinski definition) is 3. The molecule has 1 fully saturated rings. The van der Waals surface area contributed by atoms with Gasteiger partial charge < -0.3 is 24.9 Å². The summed E-state index contributed by atoms with van der Waals surface area (Å²) in [7, 11) is 1.52. The number of halogens is 2. The third-order valence-corrected chi connectivity index (χ3v) is 6.52. The second-order valence-electron chi connectivity index (χ2n) is 7.88. The van der Waals surface area contributed by atoms with Crippen molar-refractivity contribution in [1.82, 2.24) is 19.4 Å². The lowest BCUT2D eigenvalue weighted by Gasteiger charge is -2.35. The number of carbonyl (C=O) groups is 1. The maximum atomic E-state index is 14.0. The second kappa shape index (κ2) is 8.88. The Kier molecular flexibility index (Phi) is 6.14. The van der Waals surface area contributed by atoms with Gasteiger partial charge in [0.1, 0.15) is 28.8 Å². The van der Waals surface area contributed by atoms with Gasteiger partial charge >= 0.3 is 6.09 Å². The fourth-order valence-electron chi connectivity index (χ4n) is 4.28. The number of nitrogens with one attached hydrogen (secondary N) is 2. The first-order valence-electron chi connectivity index (χ1n) is 10.1. The van der Waals surface area contributed by atoms with Crippen molar-refractivity contribution >= 4 is 46.8 Å². The second-order valence-corrected chi connectivity index (χ2v) is 8.68. The standard InChI is InChI=1S/C21H20ClFN6O3S/c1-27-19(30)17-16(26-20(27)33)14(8-24)18(28-6-2-3-13(10-28)25-21(31)32)29(17)9-11-7-12(23)4-5-15(11)22/h4-5,7,13,25H,2-3,6,9-10H2,1H3,(H,26,33)(H,31,32)/t13-/m1/s1. The van der Waals surface area contributed by atoms with Crippen molar-refractivity contribution in [3.8, 4) is 6.07 Å². The molecule has 3 aromatic rings. The van der Waals surface area contributed by atoms with Crippen LogP contribution >= 0.6 is 23.8 Å². The molecule has 1 atom stereocenters. The van der Waals surface area contributed by atoms with E-state index in [-0.39, 0.29) is 34.0 Å². The number of rotatable bonds is 4. The van der Waals surface area contributed by atoms with E-state index in [2.05, 4.69) is 16.4 Å². The topological polar surface area (TPSA) is 119 Å². The molecule has 1 amide bonds. The molecule has 0 radical (unpaired) electrons. The Hall–Kier alpha value is -3.36. The molecule has 9 nitrogen and oxygen atoms in total. The number of nitrogens with zero attached hydrogens (tertiary/aromatic N) is 4. The van der Waals surface area contributed by atoms with Gasteiger partial charge in [0.05, 0.1) is 12.1 Å². The number of carboxylic acid groups (broad SMARTS) is 1. The maximum absolute atomic E-state index is 14.0. The van der Waals surface area contributed by atoms with Crippen molar-refractivity contribution in [2.45, 2.75) is 25.4 Å². The van der Waals surface area contributed by atoms with Crippen LogP contribution in [0.5, 0.6) is 0 Å². The van der Waals surface area contributed by atoms with E-state index in [9.17, 15) is 19.2 Å². The summed E-state index contributed by atoms with van der Waals surface area (Å²) >= 11 is 11.6. The molecule has 0 bridgehead atoms. The van der Waals surface area contributed by atoms with Gasteiger partial charge in [-0.1, -0.05) is 11.6 Å². The van der Waals surface area contributed by atoms with Crippen LogP contribution in [0.25, 0.3) is 11.0 Å². The minimum absolute atomic E-state index is 0.0253. The van der Waals surface area contributed by atoms with Gasteiger partial charge in [-0.25, -0.2) is 9.18 Å². The largest absolute Gasteiger partial charge is 0.465 e. The zero-order valence-corrected chi connectivity index (χ0v) is 19.1. The van der Waals surface area contributed by atoms with Crippen LogP contribution < -0.4 is 15.8 Å². The molecule has 0 aliphatic carbocycles. The van der Waals surface area contributed by atoms with Crippen molar-refractivity contribution in [2.24, 2.45) is 7.05 Å². The molecule has 172 valence electrons. The Morgan fingerprint density at radius 3 is 2.94 bits per heavy atom. The number of piperidine rings is 1. The van der Waals surface area contributed by atoms with Gasteiger partial charge in [0, 0.05) is 31.2 Å². The number of H-pyrrole nitrogens is 1. The van der Waals surface area contributed by atoms with E-state index < -0.39 is 17.5 Å². The smallest absolute Gasteiger partial charge is 0.404 e. The van der Waals surface area contributed by atoms with Gasteiger partial charge in [-0.3, -0.25) is 9.36 Å². The average molecular weight is 491 g/mol. The highest BCUT2D eigenvalue weighted by Crippen LogP contribution is 2.33. The fraction of sp³-hybridized carbons (Fsp3) is 0.333. The number of aromatic nitrogens is 3. The predicted octanol–water partition coefficient (Wildman–Crippen LogP) is 3.35. The van der Waals surface area contributed by atoms with Crippen molar-refractivity contribution in [3.05, 3.63) is 55.3 Å². The van der Waals surface area contributed by atoms with Crippen LogP contribution in [0.2, 0.25) is 5.02 Å². The minimum atomic E-state index is -1.13. The molecule has 33 heavy (non-hydrogen) atoms. The first-order chi connectivity index (χ1) is 15.7. The Labute approximate surface area is 197 Å². The number of amides is 1. The molecule has 0 unspecified atom stereocenters. The van der Waals surface area contributed by atoms with E-state index in [4.69, 9.17) is 28.9 Å². The van der Waals surface area contributed by atoms with Gasteiger partial charge in [-0.05, 0) is 48.8 Å². The van der Waals surface area contributed by atoms with Crippen molar-refractivity contribution in [1.29, 1.82) is 5.26 Å². The summed E-state index contributed by atoms with van der Waals surface area (Å²) < 4.78 is 17.0. The summed E-state index contributed by atoms with van der Waals surface area (Å²) in [4.78, 5) is 29.2. The van der Waals surface area contributed by atoms with Crippen LogP contribution in [0.15, 0.2) is 23.0 Å². The number of anilines is 1. The van der Waals surface area contributed by atoms with Gasteiger partial charge in [-0.2, -0.15) is 5.26 Å². The quantitative estimate of drug-likeness (QED) is 0.482. The molecule has 12 heteroatoms. The van der Waals surface area contributed by atoms with Crippen LogP contribution in [0.3, 0.4) is 0 Å². The molecule has 3 N–H and O–H groups in total. The van der Waals surface area contributed by atoms with Gasteiger partial charge in [0.25, 0.3) is 5.56 Å². The van der Waals surface area contributed by atoms with Crippen LogP contribution in [0.1, 0.15) is 24.0 Å². The SMILES string of the molecule is Cn1c(=S)[nH]c2c(C#N)c(N3CCC[C@@H](NC(=O)O)C3)n(Cc3cc(F)ccc3Cl)c2c1=O. The lowest BCUT2D eigenvalue weighted by Crippen LogP contribution is -2.48. The van der Waals surface area contributed by atoms with Crippen LogP contribution in [-0.4, -0.2) is 44.4 Å². The molecule has 1 aromatic carbocycles. The lowest BCUT2D eigenvalue weighted by atomic mass is 10.1. The summed E-state index contributed by atoms with van der Waals surface area (Å²) in [6, 6.07) is 5.77. The number of nitriles is 1. The Balaban J connectivity index is 1.97. The summed E-state index contributed by atoms with van der Waals surface area (Å²) in [5.41, 5.74) is 0.701. The Morgan fingerprint density at radius 2 is 2.24 bits per heavy atom. The molecule has 0 spiro atoms. The van der Waals surface area contributed by atoms with E-state index in [1.807, 2.05) is 4.90 Å². The zero-order chi connectivity index (χ0) is 23.9. The van der Waals surface area contributed by atoms with E-state index >= 15 is 0 Å². The minimum Gasteiger partial charge on any atom is -0.465 e. The molecule has 0 saturated carbocycles. The van der Waals surface area contributed by atoms with E-state index in [0.29, 0.717) is 42.3 Å². The Morgan fingerprint density at radius 1 is 1.48 bits per heavy atom. The van der Waals surface area contributed by atoms with Crippen molar-refractivity contribution in [2.75, 3.05) is 18.0 Å². The molecular formula is C21H20ClFN6O3S. The number of fused-ring (bicyclic) bond motifs is 1. The number of aromatic amines is 1. The normalized spacial score (nSPS) is 16.1. The zero-order valence-electron chi connectivity index (χ0n) is 17.6. The summed E-state index contributed by atoms with van der Waals surface area (Å²) in [6.45, 7) is 0.869. The van der Waals surface area contributed by atoms with Crippen LogP contribution in [-0.2, 0) is 13.6 Å². The van der Waals surface area contributed by atoms with E-state index in [0.717, 1.165) is 0 Å². The summed E-state index contributed by atoms with van der Waals surface area (Å²) in [5, 5.41) is 22.0. The van der Waals surface area contributed by atoms with Gasteiger partial charge in [0.2, 0.25) is 0 Å². The molecule has 3 heterocycles. The first kappa shape index (κ1) is 22.8. The van der Waals surface area contributed by atoms with E-state index in [1.54, 1.807) is 4.57 Å². The number of benzene rings is 1.